The van der Waals surface area contributed by atoms with Crippen LogP contribution in [0.3, 0.4) is 0 Å². The summed E-state index contributed by atoms with van der Waals surface area (Å²) in [5, 5.41) is 0. The standard InChI is InChI=1S/3C8H16/c3*1-7-5-3-4-6-8(7)2/h3*7-8H,3-6H2,1-2H3/t2*7-,8?;7-,8+/m10./s1. The molecule has 0 radical (unpaired) electrons. The molecule has 24 heavy (non-hydrogen) atoms. The normalized spacial score (nSPS) is 39.8. The van der Waals surface area contributed by atoms with Crippen molar-refractivity contribution in [3.63, 3.8) is 0 Å². The van der Waals surface area contributed by atoms with Crippen molar-refractivity contribution in [1.29, 1.82) is 0 Å². The van der Waals surface area contributed by atoms with E-state index in [-0.39, 0.29) is 0 Å². The lowest BCUT2D eigenvalue weighted by molar-refractivity contribution is 0.277. The monoisotopic (exact) mass is 336 g/mol. The van der Waals surface area contributed by atoms with E-state index in [4.69, 9.17) is 0 Å². The first-order valence-electron chi connectivity index (χ1n) is 11.4. The van der Waals surface area contributed by atoms with Gasteiger partial charge in [0, 0.05) is 0 Å². The van der Waals surface area contributed by atoms with Gasteiger partial charge >= 0.3 is 0 Å². The van der Waals surface area contributed by atoms with E-state index in [2.05, 4.69) is 41.5 Å². The minimum Gasteiger partial charge on any atom is -0.0623 e. The van der Waals surface area contributed by atoms with Crippen molar-refractivity contribution in [2.24, 2.45) is 35.5 Å². The number of hydrogen-bond acceptors (Lipinski definition) is 0. The van der Waals surface area contributed by atoms with Crippen molar-refractivity contribution >= 4 is 0 Å². The molecule has 0 bridgehead atoms. The van der Waals surface area contributed by atoms with Crippen LogP contribution >= 0.6 is 0 Å². The Morgan fingerprint density at radius 3 is 0.500 bits per heavy atom. The molecule has 0 N–H and O–H groups in total. The second-order valence-corrected chi connectivity index (χ2v) is 9.72. The molecule has 0 aromatic rings. The Bertz CT molecular complexity index is 217. The lowest BCUT2D eigenvalue weighted by Gasteiger charge is -2.24. The highest BCUT2D eigenvalue weighted by molar-refractivity contribution is 4.68. The summed E-state index contributed by atoms with van der Waals surface area (Å²) in [6, 6.07) is 0. The molecule has 144 valence electrons. The van der Waals surface area contributed by atoms with Crippen LogP contribution in [-0.4, -0.2) is 0 Å². The molecule has 0 aromatic heterocycles. The molecular weight excluding hydrogens is 288 g/mol. The third-order valence-corrected chi connectivity index (χ3v) is 7.62. The molecule has 0 aliphatic heterocycles. The van der Waals surface area contributed by atoms with Gasteiger partial charge in [0.15, 0.2) is 0 Å². The average Bonchev–Trinajstić information content (AvgIpc) is 2.57. The average molecular weight is 337 g/mol. The third kappa shape index (κ3) is 8.91. The molecule has 0 nitrogen and oxygen atoms in total. The molecule has 6 atom stereocenters. The molecule has 0 aromatic carbocycles. The van der Waals surface area contributed by atoms with E-state index in [0.29, 0.717) is 0 Å². The van der Waals surface area contributed by atoms with Crippen molar-refractivity contribution in [3.05, 3.63) is 0 Å². The SMILES string of the molecule is CC1CCCC[C@@H]1C.CC1CCCC[C@H]1C.C[C@@H]1CCCC[C@@H]1C. The van der Waals surface area contributed by atoms with Crippen LogP contribution in [0.5, 0.6) is 0 Å². The van der Waals surface area contributed by atoms with Crippen molar-refractivity contribution in [2.75, 3.05) is 0 Å². The predicted octanol–water partition coefficient (Wildman–Crippen LogP) is 8.50. The molecule has 0 amide bonds. The van der Waals surface area contributed by atoms with Crippen LogP contribution in [0.25, 0.3) is 0 Å². The summed E-state index contributed by atoms with van der Waals surface area (Å²) in [5.74, 6) is 6.02. The smallest absolute Gasteiger partial charge is 0.0417 e. The lowest BCUT2D eigenvalue weighted by Crippen LogP contribution is -2.12. The Morgan fingerprint density at radius 2 is 0.417 bits per heavy atom. The highest BCUT2D eigenvalue weighted by Crippen LogP contribution is 2.29. The summed E-state index contributed by atoms with van der Waals surface area (Å²) >= 11 is 0. The maximum atomic E-state index is 2.38. The largest absolute Gasteiger partial charge is 0.0623 e. The van der Waals surface area contributed by atoms with Crippen molar-refractivity contribution in [3.8, 4) is 0 Å². The van der Waals surface area contributed by atoms with Gasteiger partial charge < -0.3 is 0 Å². The quantitative estimate of drug-likeness (QED) is 0.416. The van der Waals surface area contributed by atoms with Crippen LogP contribution in [0.4, 0.5) is 0 Å². The Morgan fingerprint density at radius 1 is 0.292 bits per heavy atom. The van der Waals surface area contributed by atoms with Crippen molar-refractivity contribution < 1.29 is 0 Å². The zero-order chi connectivity index (χ0) is 17.9. The van der Waals surface area contributed by atoms with Crippen LogP contribution in [-0.2, 0) is 0 Å². The van der Waals surface area contributed by atoms with Gasteiger partial charge in [-0.2, -0.15) is 0 Å². The molecule has 0 spiro atoms. The first-order chi connectivity index (χ1) is 11.4. The van der Waals surface area contributed by atoms with Gasteiger partial charge in [-0.05, 0) is 35.5 Å². The molecule has 3 aliphatic rings. The summed E-state index contributed by atoms with van der Waals surface area (Å²) in [5.41, 5.74) is 0. The van der Waals surface area contributed by atoms with E-state index < -0.39 is 0 Å². The van der Waals surface area contributed by atoms with Crippen LogP contribution in [0.15, 0.2) is 0 Å². The zero-order valence-electron chi connectivity index (χ0n) is 17.9. The van der Waals surface area contributed by atoms with Crippen LogP contribution < -0.4 is 0 Å². The van der Waals surface area contributed by atoms with Gasteiger partial charge in [-0.3, -0.25) is 0 Å². The second-order valence-electron chi connectivity index (χ2n) is 9.72. The molecular formula is C24H48. The highest BCUT2D eigenvalue weighted by Gasteiger charge is 2.16. The molecule has 3 aliphatic carbocycles. The molecule has 0 heterocycles. The maximum Gasteiger partial charge on any atom is -0.0417 e. The summed E-state index contributed by atoms with van der Waals surface area (Å²) in [6.07, 6.45) is 17.7. The Balaban J connectivity index is 0.000000180. The van der Waals surface area contributed by atoms with Gasteiger partial charge in [-0.15, -0.1) is 0 Å². The summed E-state index contributed by atoms with van der Waals surface area (Å²) in [6.45, 7) is 14.3. The van der Waals surface area contributed by atoms with Crippen LogP contribution in [0.1, 0.15) is 119 Å². The van der Waals surface area contributed by atoms with Gasteiger partial charge in [0.25, 0.3) is 0 Å². The van der Waals surface area contributed by atoms with Crippen molar-refractivity contribution in [1.82, 2.24) is 0 Å². The molecule has 3 rings (SSSR count). The Labute approximate surface area is 154 Å². The molecule has 0 saturated heterocycles. The van der Waals surface area contributed by atoms with Gasteiger partial charge in [-0.1, -0.05) is 119 Å². The topological polar surface area (TPSA) is 0 Å². The van der Waals surface area contributed by atoms with E-state index >= 15 is 0 Å². The molecule has 0 heteroatoms. The fraction of sp³-hybridized carbons (Fsp3) is 1.00. The maximum absolute atomic E-state index is 2.38. The lowest BCUT2D eigenvalue weighted by atomic mass is 9.82. The van der Waals surface area contributed by atoms with E-state index in [0.717, 1.165) is 35.5 Å². The summed E-state index contributed by atoms with van der Waals surface area (Å²) in [7, 11) is 0. The van der Waals surface area contributed by atoms with E-state index in [1.807, 2.05) is 0 Å². The first kappa shape index (κ1) is 22.0. The fourth-order valence-electron chi connectivity index (χ4n) is 4.50. The van der Waals surface area contributed by atoms with E-state index in [9.17, 15) is 0 Å². The second kappa shape index (κ2) is 12.4. The molecule has 2 unspecified atom stereocenters. The van der Waals surface area contributed by atoms with E-state index in [1.54, 1.807) is 0 Å². The predicted molar refractivity (Wildman–Crippen MR) is 110 cm³/mol. The van der Waals surface area contributed by atoms with Gasteiger partial charge in [-0.25, -0.2) is 0 Å². The van der Waals surface area contributed by atoms with Gasteiger partial charge in [0.05, 0.1) is 0 Å². The Hall–Kier alpha value is 0. The van der Waals surface area contributed by atoms with Crippen LogP contribution in [0.2, 0.25) is 0 Å². The first-order valence-corrected chi connectivity index (χ1v) is 11.4. The van der Waals surface area contributed by atoms with Gasteiger partial charge in [0.2, 0.25) is 0 Å². The number of rotatable bonds is 0. The minimum absolute atomic E-state index is 1.00. The van der Waals surface area contributed by atoms with Gasteiger partial charge in [0.1, 0.15) is 0 Å². The fourth-order valence-corrected chi connectivity index (χ4v) is 4.50. The zero-order valence-corrected chi connectivity index (χ0v) is 17.9. The number of hydrogen-bond donors (Lipinski definition) is 0. The van der Waals surface area contributed by atoms with E-state index in [1.165, 1.54) is 77.0 Å². The highest BCUT2D eigenvalue weighted by atomic mass is 14.2. The third-order valence-electron chi connectivity index (χ3n) is 7.62. The molecule has 3 saturated carbocycles. The summed E-state index contributed by atoms with van der Waals surface area (Å²) < 4.78 is 0. The van der Waals surface area contributed by atoms with Crippen molar-refractivity contribution in [2.45, 2.75) is 119 Å². The van der Waals surface area contributed by atoms with Crippen LogP contribution in [0, 0.1) is 35.5 Å². The summed E-state index contributed by atoms with van der Waals surface area (Å²) in [4.78, 5) is 0. The molecule has 3 fully saturated rings. The Kier molecular flexibility index (Phi) is 11.4. The minimum atomic E-state index is 1.00.